The molecule has 6 heteroatoms. The van der Waals surface area contributed by atoms with E-state index in [4.69, 9.17) is 11.6 Å². The van der Waals surface area contributed by atoms with Crippen LogP contribution in [0.4, 0.5) is 10.5 Å². The van der Waals surface area contributed by atoms with Crippen molar-refractivity contribution >= 4 is 29.2 Å². The number of anilines is 1. The Labute approximate surface area is 91.8 Å². The molecule has 0 fully saturated rings. The van der Waals surface area contributed by atoms with E-state index in [1.54, 1.807) is 18.3 Å². The number of nitrogens with zero attached hydrogens (tertiary/aromatic N) is 1. The maximum atomic E-state index is 11.2. The summed E-state index contributed by atoms with van der Waals surface area (Å²) >= 11 is 5.34. The van der Waals surface area contributed by atoms with E-state index >= 15 is 0 Å². The van der Waals surface area contributed by atoms with Gasteiger partial charge in [-0.2, -0.15) is 0 Å². The lowest BCUT2D eigenvalue weighted by Crippen LogP contribution is -2.34. The van der Waals surface area contributed by atoms with E-state index < -0.39 is 11.9 Å². The normalized spacial score (nSPS) is 9.40. The van der Waals surface area contributed by atoms with Crippen LogP contribution in [0, 0.1) is 0 Å². The third kappa shape index (κ3) is 4.42. The summed E-state index contributed by atoms with van der Waals surface area (Å²) in [6.45, 7) is 0. The molecule has 5 nitrogen and oxygen atoms in total. The van der Waals surface area contributed by atoms with Gasteiger partial charge in [0.05, 0.1) is 11.9 Å². The highest BCUT2D eigenvalue weighted by atomic mass is 35.5. The van der Waals surface area contributed by atoms with Gasteiger partial charge in [-0.15, -0.1) is 11.6 Å². The highest BCUT2D eigenvalue weighted by Crippen LogP contribution is 2.01. The van der Waals surface area contributed by atoms with E-state index in [9.17, 15) is 9.59 Å². The molecular formula is C9H10ClN3O2. The number of alkyl halides is 1. The Morgan fingerprint density at radius 3 is 2.87 bits per heavy atom. The zero-order valence-corrected chi connectivity index (χ0v) is 8.62. The molecule has 0 saturated heterocycles. The maximum Gasteiger partial charge on any atom is 0.325 e. The molecule has 0 spiro atoms. The number of imide groups is 1. The van der Waals surface area contributed by atoms with E-state index in [0.717, 1.165) is 0 Å². The molecule has 0 aromatic carbocycles. The molecular weight excluding hydrogens is 218 g/mol. The van der Waals surface area contributed by atoms with Gasteiger partial charge in [-0.1, -0.05) is 0 Å². The van der Waals surface area contributed by atoms with Crippen molar-refractivity contribution < 1.29 is 9.59 Å². The van der Waals surface area contributed by atoms with Gasteiger partial charge in [-0.3, -0.25) is 15.1 Å². The number of pyridine rings is 1. The SMILES string of the molecule is O=C(CCCl)NC(=O)Nc1cccnc1. The molecule has 0 saturated carbocycles. The highest BCUT2D eigenvalue weighted by molar-refractivity contribution is 6.19. The number of halogens is 1. The first-order chi connectivity index (χ1) is 7.22. The number of hydrogen-bond donors (Lipinski definition) is 2. The molecule has 0 radical (unpaired) electrons. The third-order valence-electron chi connectivity index (χ3n) is 1.49. The van der Waals surface area contributed by atoms with E-state index in [2.05, 4.69) is 15.6 Å². The van der Waals surface area contributed by atoms with Crippen LogP contribution in [-0.4, -0.2) is 22.8 Å². The molecule has 0 aliphatic carbocycles. The van der Waals surface area contributed by atoms with Crippen molar-refractivity contribution in [3.05, 3.63) is 24.5 Å². The lowest BCUT2D eigenvalue weighted by atomic mass is 10.4. The summed E-state index contributed by atoms with van der Waals surface area (Å²) in [5, 5.41) is 4.58. The smallest absolute Gasteiger partial charge is 0.306 e. The van der Waals surface area contributed by atoms with Gasteiger partial charge in [0.2, 0.25) is 5.91 Å². The monoisotopic (exact) mass is 227 g/mol. The minimum absolute atomic E-state index is 0.113. The number of amides is 3. The van der Waals surface area contributed by atoms with Gasteiger partial charge in [0.25, 0.3) is 0 Å². The molecule has 0 bridgehead atoms. The van der Waals surface area contributed by atoms with Crippen LogP contribution in [0.3, 0.4) is 0 Å². The van der Waals surface area contributed by atoms with E-state index in [1.165, 1.54) is 6.20 Å². The van der Waals surface area contributed by atoms with Crippen LogP contribution in [0.1, 0.15) is 6.42 Å². The largest absolute Gasteiger partial charge is 0.325 e. The Balaban J connectivity index is 2.40. The lowest BCUT2D eigenvalue weighted by Gasteiger charge is -2.04. The van der Waals surface area contributed by atoms with E-state index in [-0.39, 0.29) is 12.3 Å². The summed E-state index contributed by atoms with van der Waals surface area (Å²) in [4.78, 5) is 26.0. The average molecular weight is 228 g/mol. The van der Waals surface area contributed by atoms with Crippen molar-refractivity contribution in [2.24, 2.45) is 0 Å². The molecule has 15 heavy (non-hydrogen) atoms. The minimum Gasteiger partial charge on any atom is -0.306 e. The summed E-state index contributed by atoms with van der Waals surface area (Å²) in [6, 6.07) is 2.76. The fourth-order valence-electron chi connectivity index (χ4n) is 0.874. The lowest BCUT2D eigenvalue weighted by molar-refractivity contribution is -0.119. The molecule has 0 aliphatic heterocycles. The van der Waals surface area contributed by atoms with Gasteiger partial charge in [0.15, 0.2) is 0 Å². The van der Waals surface area contributed by atoms with E-state index in [1.807, 2.05) is 0 Å². The van der Waals surface area contributed by atoms with Crippen molar-refractivity contribution in [3.63, 3.8) is 0 Å². The first-order valence-electron chi connectivity index (χ1n) is 4.29. The maximum absolute atomic E-state index is 11.2. The van der Waals surface area contributed by atoms with Gasteiger partial charge in [-0.05, 0) is 12.1 Å². The van der Waals surface area contributed by atoms with Gasteiger partial charge in [0.1, 0.15) is 0 Å². The van der Waals surface area contributed by atoms with Crippen LogP contribution in [0.5, 0.6) is 0 Å². The van der Waals surface area contributed by atoms with Gasteiger partial charge >= 0.3 is 6.03 Å². The third-order valence-corrected chi connectivity index (χ3v) is 1.68. The molecule has 1 aromatic heterocycles. The highest BCUT2D eigenvalue weighted by Gasteiger charge is 2.06. The first kappa shape index (κ1) is 11.5. The molecule has 0 unspecified atom stereocenters. The second-order valence-corrected chi connectivity index (χ2v) is 3.06. The van der Waals surface area contributed by atoms with Crippen molar-refractivity contribution in [1.29, 1.82) is 0 Å². The summed E-state index contributed by atoms with van der Waals surface area (Å²) in [5.41, 5.74) is 0.522. The Morgan fingerprint density at radius 2 is 2.27 bits per heavy atom. The summed E-state index contributed by atoms with van der Waals surface area (Å²) in [5.74, 6) is -0.224. The Hall–Kier alpha value is -1.62. The second-order valence-electron chi connectivity index (χ2n) is 2.68. The predicted molar refractivity (Wildman–Crippen MR) is 56.7 cm³/mol. The van der Waals surface area contributed by atoms with Crippen molar-refractivity contribution in [3.8, 4) is 0 Å². The topological polar surface area (TPSA) is 71.1 Å². The number of rotatable bonds is 3. The number of carbonyl (C=O) groups is 2. The van der Waals surface area contributed by atoms with Gasteiger partial charge in [-0.25, -0.2) is 4.79 Å². The summed E-state index contributed by atoms with van der Waals surface area (Å²) in [7, 11) is 0. The van der Waals surface area contributed by atoms with Crippen LogP contribution in [0.15, 0.2) is 24.5 Å². The zero-order chi connectivity index (χ0) is 11.1. The van der Waals surface area contributed by atoms with Crippen molar-refractivity contribution in [2.45, 2.75) is 6.42 Å². The van der Waals surface area contributed by atoms with Crippen LogP contribution >= 0.6 is 11.6 Å². The van der Waals surface area contributed by atoms with Gasteiger partial charge < -0.3 is 5.32 Å². The molecule has 1 aromatic rings. The molecule has 0 atom stereocenters. The Kier molecular flexibility index (Phi) is 4.56. The van der Waals surface area contributed by atoms with Crippen molar-refractivity contribution in [1.82, 2.24) is 10.3 Å². The van der Waals surface area contributed by atoms with Crippen molar-refractivity contribution in [2.75, 3.05) is 11.2 Å². The molecule has 0 aliphatic rings. The molecule has 2 N–H and O–H groups in total. The predicted octanol–water partition coefficient (Wildman–Crippen LogP) is 1.36. The van der Waals surface area contributed by atoms with Crippen LogP contribution in [0.2, 0.25) is 0 Å². The zero-order valence-electron chi connectivity index (χ0n) is 7.87. The molecule has 3 amide bonds. The van der Waals surface area contributed by atoms with Gasteiger partial charge in [0, 0.05) is 18.5 Å². The number of hydrogen-bond acceptors (Lipinski definition) is 3. The number of carbonyl (C=O) groups excluding carboxylic acids is 2. The number of urea groups is 1. The van der Waals surface area contributed by atoms with E-state index in [0.29, 0.717) is 5.69 Å². The standard InChI is InChI=1S/C9H10ClN3O2/c10-4-3-8(14)13-9(15)12-7-2-1-5-11-6-7/h1-2,5-6H,3-4H2,(H2,12,13,14,15). The molecule has 80 valence electrons. The Bertz CT molecular complexity index is 342. The van der Waals surface area contributed by atoms with Crippen LogP contribution < -0.4 is 10.6 Å². The summed E-state index contributed by atoms with van der Waals surface area (Å²) < 4.78 is 0. The van der Waals surface area contributed by atoms with Crippen LogP contribution in [-0.2, 0) is 4.79 Å². The average Bonchev–Trinajstić information content (AvgIpc) is 2.19. The minimum atomic E-state index is -0.585. The molecule has 1 heterocycles. The second kappa shape index (κ2) is 5.98. The Morgan fingerprint density at radius 1 is 1.47 bits per heavy atom. The fourth-order valence-corrected chi connectivity index (χ4v) is 1.05. The quantitative estimate of drug-likeness (QED) is 0.766. The first-order valence-corrected chi connectivity index (χ1v) is 4.82. The number of aromatic nitrogens is 1. The molecule has 1 rings (SSSR count). The van der Waals surface area contributed by atoms with Crippen LogP contribution in [0.25, 0.3) is 0 Å². The fraction of sp³-hybridized carbons (Fsp3) is 0.222. The number of nitrogens with one attached hydrogen (secondary N) is 2. The summed E-state index contributed by atoms with van der Waals surface area (Å²) in [6.07, 6.45) is 3.18.